The molecule has 0 radical (unpaired) electrons. The predicted molar refractivity (Wildman–Crippen MR) is 70.7 cm³/mol. The summed E-state index contributed by atoms with van der Waals surface area (Å²) in [4.78, 5) is 2.25. The van der Waals surface area contributed by atoms with Crippen molar-refractivity contribution in [1.29, 1.82) is 0 Å². The molecule has 1 fully saturated rings. The number of ether oxygens (including phenoxy) is 1. The second-order valence-corrected chi connectivity index (χ2v) is 4.81. The zero-order valence-corrected chi connectivity index (χ0v) is 10.9. The third-order valence-electron chi connectivity index (χ3n) is 3.43. The fourth-order valence-electron chi connectivity index (χ4n) is 2.33. The summed E-state index contributed by atoms with van der Waals surface area (Å²) in [5.74, 6) is -0.229. The smallest absolute Gasteiger partial charge is 0.123 e. The van der Waals surface area contributed by atoms with E-state index in [2.05, 4.69) is 11.8 Å². The molecule has 2 N–H and O–H groups in total. The lowest BCUT2D eigenvalue weighted by molar-refractivity contribution is 0.0725. The first kappa shape index (κ1) is 13.3. The summed E-state index contributed by atoms with van der Waals surface area (Å²) in [5, 5.41) is 0. The van der Waals surface area contributed by atoms with Gasteiger partial charge in [-0.2, -0.15) is 0 Å². The Morgan fingerprint density at radius 3 is 3.00 bits per heavy atom. The van der Waals surface area contributed by atoms with E-state index in [4.69, 9.17) is 10.5 Å². The molecule has 1 unspecified atom stereocenters. The minimum atomic E-state index is -0.229. The molecule has 2 rings (SSSR count). The van der Waals surface area contributed by atoms with Gasteiger partial charge in [0, 0.05) is 25.4 Å². The maximum Gasteiger partial charge on any atom is 0.123 e. The number of halogens is 1. The first-order valence-corrected chi connectivity index (χ1v) is 6.57. The van der Waals surface area contributed by atoms with Gasteiger partial charge in [0.15, 0.2) is 0 Å². The minimum Gasteiger partial charge on any atom is -0.398 e. The van der Waals surface area contributed by atoms with Crippen LogP contribution in [-0.4, -0.2) is 30.7 Å². The van der Waals surface area contributed by atoms with E-state index in [1.54, 1.807) is 6.07 Å². The van der Waals surface area contributed by atoms with Gasteiger partial charge in [-0.25, -0.2) is 4.39 Å². The molecule has 0 bridgehead atoms. The van der Waals surface area contributed by atoms with Crippen LogP contribution in [0.2, 0.25) is 0 Å². The molecule has 3 nitrogen and oxygen atoms in total. The number of hydrogen-bond donors (Lipinski definition) is 1. The Kier molecular flexibility index (Phi) is 4.55. The Labute approximate surface area is 108 Å². The van der Waals surface area contributed by atoms with E-state index in [-0.39, 0.29) is 5.82 Å². The van der Waals surface area contributed by atoms with Crippen LogP contribution in [0.3, 0.4) is 0 Å². The van der Waals surface area contributed by atoms with Crippen molar-refractivity contribution in [3.8, 4) is 0 Å². The van der Waals surface area contributed by atoms with Crippen molar-refractivity contribution in [2.75, 3.05) is 25.4 Å². The SMILES string of the molecule is CCN(Cc1cc(F)ccc1N)CC1CCCO1. The largest absolute Gasteiger partial charge is 0.398 e. The summed E-state index contributed by atoms with van der Waals surface area (Å²) in [5.41, 5.74) is 7.39. The second-order valence-electron chi connectivity index (χ2n) is 4.81. The molecule has 1 aliphatic rings. The Balaban J connectivity index is 1.98. The highest BCUT2D eigenvalue weighted by Crippen LogP contribution is 2.18. The number of anilines is 1. The average Bonchev–Trinajstić information content (AvgIpc) is 2.85. The van der Waals surface area contributed by atoms with Gasteiger partial charge in [0.2, 0.25) is 0 Å². The van der Waals surface area contributed by atoms with Crippen LogP contribution in [-0.2, 0) is 11.3 Å². The first-order chi connectivity index (χ1) is 8.69. The van der Waals surface area contributed by atoms with Gasteiger partial charge in [0.1, 0.15) is 5.82 Å². The lowest BCUT2D eigenvalue weighted by atomic mass is 10.1. The van der Waals surface area contributed by atoms with Gasteiger partial charge in [-0.1, -0.05) is 6.92 Å². The number of likely N-dealkylation sites (N-methyl/N-ethyl adjacent to an activating group) is 1. The first-order valence-electron chi connectivity index (χ1n) is 6.57. The van der Waals surface area contributed by atoms with Crippen molar-refractivity contribution < 1.29 is 9.13 Å². The summed E-state index contributed by atoms with van der Waals surface area (Å²) >= 11 is 0. The number of nitrogens with two attached hydrogens (primary N) is 1. The fraction of sp³-hybridized carbons (Fsp3) is 0.571. The van der Waals surface area contributed by atoms with Gasteiger partial charge in [-0.15, -0.1) is 0 Å². The zero-order valence-electron chi connectivity index (χ0n) is 10.9. The van der Waals surface area contributed by atoms with Crippen molar-refractivity contribution >= 4 is 5.69 Å². The molecule has 0 aliphatic carbocycles. The van der Waals surface area contributed by atoms with E-state index in [1.807, 2.05) is 0 Å². The van der Waals surface area contributed by atoms with E-state index in [0.29, 0.717) is 18.3 Å². The molecule has 1 heterocycles. The molecule has 4 heteroatoms. The van der Waals surface area contributed by atoms with Crippen molar-refractivity contribution in [3.05, 3.63) is 29.6 Å². The Morgan fingerprint density at radius 1 is 1.50 bits per heavy atom. The van der Waals surface area contributed by atoms with Crippen molar-refractivity contribution in [3.63, 3.8) is 0 Å². The molecule has 0 spiro atoms. The molecule has 0 amide bonds. The number of nitrogens with zero attached hydrogens (tertiary/aromatic N) is 1. The zero-order chi connectivity index (χ0) is 13.0. The van der Waals surface area contributed by atoms with Gasteiger partial charge in [-0.3, -0.25) is 4.90 Å². The van der Waals surface area contributed by atoms with Gasteiger partial charge in [-0.05, 0) is 43.1 Å². The normalized spacial score (nSPS) is 19.6. The Bertz CT molecular complexity index is 391. The summed E-state index contributed by atoms with van der Waals surface area (Å²) in [6.07, 6.45) is 2.58. The van der Waals surface area contributed by atoms with Crippen LogP contribution >= 0.6 is 0 Å². The van der Waals surface area contributed by atoms with Crippen LogP contribution in [0.15, 0.2) is 18.2 Å². The lowest BCUT2D eigenvalue weighted by Crippen LogP contribution is -2.31. The summed E-state index contributed by atoms with van der Waals surface area (Å²) in [6, 6.07) is 4.55. The summed E-state index contributed by atoms with van der Waals surface area (Å²) < 4.78 is 18.8. The lowest BCUT2D eigenvalue weighted by Gasteiger charge is -2.24. The topological polar surface area (TPSA) is 38.5 Å². The molecule has 18 heavy (non-hydrogen) atoms. The van der Waals surface area contributed by atoms with E-state index in [0.717, 1.165) is 38.1 Å². The molecular formula is C14H21FN2O. The maximum atomic E-state index is 13.2. The monoisotopic (exact) mass is 252 g/mol. The van der Waals surface area contributed by atoms with Crippen molar-refractivity contribution in [1.82, 2.24) is 4.90 Å². The number of benzene rings is 1. The molecule has 0 aromatic heterocycles. The molecule has 1 saturated heterocycles. The predicted octanol–water partition coefficient (Wildman–Crippen LogP) is 2.41. The molecule has 0 saturated carbocycles. The number of hydrogen-bond acceptors (Lipinski definition) is 3. The average molecular weight is 252 g/mol. The Morgan fingerprint density at radius 2 is 2.33 bits per heavy atom. The third-order valence-corrected chi connectivity index (χ3v) is 3.43. The Hall–Kier alpha value is -1.13. The van der Waals surface area contributed by atoms with Gasteiger partial charge in [0.05, 0.1) is 6.10 Å². The number of rotatable bonds is 5. The quantitative estimate of drug-likeness (QED) is 0.818. The van der Waals surface area contributed by atoms with Gasteiger partial charge >= 0.3 is 0 Å². The third kappa shape index (κ3) is 3.43. The standard InChI is InChI=1S/C14H21FN2O/c1-2-17(10-13-4-3-7-18-13)9-11-8-12(15)5-6-14(11)16/h5-6,8,13H,2-4,7,9-10,16H2,1H3. The van der Waals surface area contributed by atoms with Crippen LogP contribution in [0.1, 0.15) is 25.3 Å². The minimum absolute atomic E-state index is 0.229. The molecule has 1 atom stereocenters. The summed E-state index contributed by atoms with van der Waals surface area (Å²) in [6.45, 7) is 5.46. The van der Waals surface area contributed by atoms with Crippen molar-refractivity contribution in [2.45, 2.75) is 32.4 Å². The molecule has 1 aliphatic heterocycles. The van der Waals surface area contributed by atoms with E-state index >= 15 is 0 Å². The highest BCUT2D eigenvalue weighted by Gasteiger charge is 2.19. The van der Waals surface area contributed by atoms with Crippen LogP contribution in [0, 0.1) is 5.82 Å². The summed E-state index contributed by atoms with van der Waals surface area (Å²) in [7, 11) is 0. The molecule has 1 aromatic rings. The van der Waals surface area contributed by atoms with Crippen molar-refractivity contribution in [2.24, 2.45) is 0 Å². The van der Waals surface area contributed by atoms with E-state index in [1.165, 1.54) is 12.1 Å². The molecule has 1 aromatic carbocycles. The van der Waals surface area contributed by atoms with E-state index < -0.39 is 0 Å². The molecule has 100 valence electrons. The van der Waals surface area contributed by atoms with E-state index in [9.17, 15) is 4.39 Å². The number of nitrogen functional groups attached to an aromatic ring is 1. The second kappa shape index (κ2) is 6.16. The van der Waals surface area contributed by atoms with Gasteiger partial charge < -0.3 is 10.5 Å². The fourth-order valence-corrected chi connectivity index (χ4v) is 2.33. The van der Waals surface area contributed by atoms with Crippen LogP contribution in [0.5, 0.6) is 0 Å². The van der Waals surface area contributed by atoms with Crippen LogP contribution in [0.25, 0.3) is 0 Å². The highest BCUT2D eigenvalue weighted by molar-refractivity contribution is 5.46. The van der Waals surface area contributed by atoms with Gasteiger partial charge in [0.25, 0.3) is 0 Å². The maximum absolute atomic E-state index is 13.2. The van der Waals surface area contributed by atoms with Crippen LogP contribution in [0.4, 0.5) is 10.1 Å². The highest BCUT2D eigenvalue weighted by atomic mass is 19.1. The van der Waals surface area contributed by atoms with Crippen LogP contribution < -0.4 is 5.73 Å². The molecular weight excluding hydrogens is 231 g/mol.